The predicted molar refractivity (Wildman–Crippen MR) is 75.0 cm³/mol. The normalized spacial score (nSPS) is 13.6. The molecule has 2 aromatic carbocycles. The summed E-state index contributed by atoms with van der Waals surface area (Å²) in [4.78, 5) is 0. The van der Waals surface area contributed by atoms with Crippen molar-refractivity contribution >= 4 is 30.0 Å². The molecule has 1 heteroatoms. The highest BCUT2D eigenvalue weighted by atomic mass is 14.8. The summed E-state index contributed by atoms with van der Waals surface area (Å²) in [5.41, 5.74) is 3.81. The maximum Gasteiger partial charge on any atom is 0.0155 e. The lowest BCUT2D eigenvalue weighted by molar-refractivity contribution is 0.947. The molecule has 0 aromatic heterocycles. The van der Waals surface area contributed by atoms with E-state index >= 15 is 0 Å². The van der Waals surface area contributed by atoms with Crippen molar-refractivity contribution < 1.29 is 0 Å². The second kappa shape index (κ2) is 3.49. The molecular weight excluding hydrogens is 206 g/mol. The number of rotatable bonds is 1. The van der Waals surface area contributed by atoms with E-state index in [1.807, 2.05) is 7.05 Å². The van der Waals surface area contributed by atoms with Gasteiger partial charge < -0.3 is 5.32 Å². The summed E-state index contributed by atoms with van der Waals surface area (Å²) in [6, 6.07) is 8.37. The van der Waals surface area contributed by atoms with Gasteiger partial charge >= 0.3 is 0 Å². The number of hydrogen-bond acceptors (Lipinski definition) is 1. The van der Waals surface area contributed by atoms with E-state index in [9.17, 15) is 0 Å². The molecule has 0 unspecified atom stereocenters. The van der Waals surface area contributed by atoms with Crippen LogP contribution in [-0.2, 0) is 6.42 Å². The van der Waals surface area contributed by atoms with Crippen LogP contribution >= 0.6 is 0 Å². The van der Waals surface area contributed by atoms with Crippen LogP contribution < -0.4 is 15.8 Å². The molecule has 0 heterocycles. The summed E-state index contributed by atoms with van der Waals surface area (Å²) in [5, 5.41) is 7.92. The third kappa shape index (κ3) is 1.32. The first-order valence-electron chi connectivity index (χ1n) is 5.82. The highest BCUT2D eigenvalue weighted by Gasteiger charge is 2.15. The van der Waals surface area contributed by atoms with Crippen LogP contribution in [0.5, 0.6) is 0 Å². The summed E-state index contributed by atoms with van der Waals surface area (Å²) < 4.78 is 0. The van der Waals surface area contributed by atoms with Gasteiger partial charge in [-0.15, -0.1) is 0 Å². The van der Waals surface area contributed by atoms with E-state index in [1.54, 1.807) is 0 Å². The summed E-state index contributed by atoms with van der Waals surface area (Å²) >= 11 is 0. The number of benzene rings is 2. The van der Waals surface area contributed by atoms with Crippen molar-refractivity contribution in [3.63, 3.8) is 0 Å². The Balaban J connectivity index is 2.47. The zero-order chi connectivity index (χ0) is 12.0. The highest BCUT2D eigenvalue weighted by molar-refractivity contribution is 5.88. The van der Waals surface area contributed by atoms with Crippen molar-refractivity contribution in [3.05, 3.63) is 51.5 Å². The second-order valence-electron chi connectivity index (χ2n) is 4.49. The maximum atomic E-state index is 4.24. The van der Waals surface area contributed by atoms with Crippen molar-refractivity contribution in [1.29, 1.82) is 0 Å². The van der Waals surface area contributed by atoms with Crippen LogP contribution in [0.3, 0.4) is 0 Å². The van der Waals surface area contributed by atoms with Crippen LogP contribution in [0.4, 0.5) is 0 Å². The minimum absolute atomic E-state index is 0.942. The van der Waals surface area contributed by atoms with Gasteiger partial charge in [-0.2, -0.15) is 0 Å². The van der Waals surface area contributed by atoms with Crippen LogP contribution in [0.15, 0.2) is 30.0 Å². The minimum Gasteiger partial charge on any atom is -0.391 e. The van der Waals surface area contributed by atoms with Crippen molar-refractivity contribution in [2.75, 3.05) is 7.05 Å². The molecule has 0 saturated heterocycles. The molecule has 0 saturated carbocycles. The third-order valence-corrected chi connectivity index (χ3v) is 3.60. The molecule has 0 spiro atoms. The number of allylic oxidation sites excluding steroid dienone is 1. The Morgan fingerprint density at radius 2 is 1.71 bits per heavy atom. The largest absolute Gasteiger partial charge is 0.391 e. The van der Waals surface area contributed by atoms with Crippen molar-refractivity contribution in [3.8, 4) is 0 Å². The summed E-state index contributed by atoms with van der Waals surface area (Å²) in [6.45, 7) is 8.47. The molecule has 84 valence electrons. The van der Waals surface area contributed by atoms with E-state index in [-0.39, 0.29) is 0 Å². The van der Waals surface area contributed by atoms with Gasteiger partial charge in [-0.3, -0.25) is 0 Å². The van der Waals surface area contributed by atoms with Crippen LogP contribution in [0.1, 0.15) is 11.1 Å². The SMILES string of the molecule is C=c1c2c(c(=C)c3ccccc13)CC(NC)=C2. The fourth-order valence-corrected chi connectivity index (χ4v) is 2.61. The van der Waals surface area contributed by atoms with Crippen molar-refractivity contribution in [2.24, 2.45) is 0 Å². The van der Waals surface area contributed by atoms with Gasteiger partial charge in [-0.05, 0) is 38.4 Å². The van der Waals surface area contributed by atoms with Gasteiger partial charge in [0.1, 0.15) is 0 Å². The molecule has 3 rings (SSSR count). The molecule has 0 bridgehead atoms. The first kappa shape index (κ1) is 10.2. The van der Waals surface area contributed by atoms with E-state index in [1.165, 1.54) is 27.6 Å². The topological polar surface area (TPSA) is 12.0 Å². The molecule has 1 aliphatic rings. The lowest BCUT2D eigenvalue weighted by Crippen LogP contribution is -2.18. The zero-order valence-corrected chi connectivity index (χ0v) is 10.0. The van der Waals surface area contributed by atoms with Crippen LogP contribution in [0.25, 0.3) is 30.0 Å². The first-order valence-corrected chi connectivity index (χ1v) is 5.82. The smallest absolute Gasteiger partial charge is 0.0155 e. The minimum atomic E-state index is 0.942. The summed E-state index contributed by atoms with van der Waals surface area (Å²) in [7, 11) is 1.96. The highest BCUT2D eigenvalue weighted by Crippen LogP contribution is 2.20. The average molecular weight is 221 g/mol. The second-order valence-corrected chi connectivity index (χ2v) is 4.49. The van der Waals surface area contributed by atoms with E-state index in [2.05, 4.69) is 48.8 Å². The molecule has 1 N–H and O–H groups in total. The molecule has 0 atom stereocenters. The number of fused-ring (bicyclic) bond motifs is 2. The summed E-state index contributed by atoms with van der Waals surface area (Å²) in [5.74, 6) is 0. The molecule has 1 aliphatic carbocycles. The average Bonchev–Trinajstić information content (AvgIpc) is 2.80. The molecule has 1 nitrogen and oxygen atoms in total. The van der Waals surface area contributed by atoms with Crippen LogP contribution in [0, 0.1) is 0 Å². The Morgan fingerprint density at radius 3 is 2.35 bits per heavy atom. The Bertz CT molecular complexity index is 738. The van der Waals surface area contributed by atoms with Crippen molar-refractivity contribution in [2.45, 2.75) is 6.42 Å². The number of likely N-dealkylation sites (N-methyl/N-ethyl adjacent to an activating group) is 1. The van der Waals surface area contributed by atoms with Gasteiger partial charge in [0.2, 0.25) is 0 Å². The Hall–Kier alpha value is -2.02. The first-order chi connectivity index (χ1) is 8.22. The molecule has 17 heavy (non-hydrogen) atoms. The van der Waals surface area contributed by atoms with E-state index in [0.29, 0.717) is 0 Å². The summed E-state index contributed by atoms with van der Waals surface area (Å²) in [6.07, 6.45) is 3.14. The van der Waals surface area contributed by atoms with E-state index < -0.39 is 0 Å². The van der Waals surface area contributed by atoms with Crippen LogP contribution in [-0.4, -0.2) is 7.05 Å². The van der Waals surface area contributed by atoms with Crippen LogP contribution in [0.2, 0.25) is 0 Å². The standard InChI is InChI=1S/C16H15N/c1-10-13-6-4-5-7-14(13)11(2)16-9-12(17-3)8-15(10)16/h4-8,17H,1-2,9H2,3H3. The Labute approximate surface area is 101 Å². The lowest BCUT2D eigenvalue weighted by atomic mass is 9.98. The van der Waals surface area contributed by atoms with Gasteiger partial charge in [-0.25, -0.2) is 0 Å². The fraction of sp³-hybridized carbons (Fsp3) is 0.125. The Morgan fingerprint density at radius 1 is 1.06 bits per heavy atom. The monoisotopic (exact) mass is 221 g/mol. The molecular formula is C16H15N. The predicted octanol–water partition coefficient (Wildman–Crippen LogP) is 1.78. The van der Waals surface area contributed by atoms with Gasteiger partial charge in [0.15, 0.2) is 0 Å². The number of nitrogens with one attached hydrogen (secondary N) is 1. The Kier molecular flexibility index (Phi) is 2.08. The van der Waals surface area contributed by atoms with Gasteiger partial charge in [0.25, 0.3) is 0 Å². The van der Waals surface area contributed by atoms with E-state index in [0.717, 1.165) is 16.9 Å². The number of hydrogen-bond donors (Lipinski definition) is 1. The van der Waals surface area contributed by atoms with Crippen molar-refractivity contribution in [1.82, 2.24) is 5.32 Å². The van der Waals surface area contributed by atoms with Gasteiger partial charge in [0, 0.05) is 19.2 Å². The molecule has 0 radical (unpaired) electrons. The molecule has 0 aliphatic heterocycles. The quantitative estimate of drug-likeness (QED) is 0.774. The molecule has 0 amide bonds. The lowest BCUT2D eigenvalue weighted by Gasteiger charge is -2.06. The van der Waals surface area contributed by atoms with Gasteiger partial charge in [-0.1, -0.05) is 37.4 Å². The zero-order valence-electron chi connectivity index (χ0n) is 10.0. The van der Waals surface area contributed by atoms with E-state index in [4.69, 9.17) is 0 Å². The van der Waals surface area contributed by atoms with Gasteiger partial charge in [0.05, 0.1) is 0 Å². The maximum absolute atomic E-state index is 4.24. The molecule has 2 aromatic rings. The third-order valence-electron chi connectivity index (χ3n) is 3.60. The molecule has 0 fully saturated rings. The fourth-order valence-electron chi connectivity index (χ4n) is 2.61.